The highest BCUT2D eigenvalue weighted by atomic mass is 16.5. The SMILES string of the molecule is C=CN=CN=CC(C)/C=C/CCCCCCc1ccc2c(n1)NCCC2.CC=O.COC(C)=O. The van der Waals surface area contributed by atoms with Crippen LogP contribution in [0.4, 0.5) is 5.82 Å². The van der Waals surface area contributed by atoms with E-state index in [1.54, 1.807) is 0 Å². The van der Waals surface area contributed by atoms with Crippen LogP contribution in [0.3, 0.4) is 0 Å². The molecule has 1 aromatic heterocycles. The van der Waals surface area contributed by atoms with Crippen molar-refractivity contribution in [3.05, 3.63) is 48.3 Å². The van der Waals surface area contributed by atoms with Gasteiger partial charge in [0.05, 0.1) is 7.11 Å². The van der Waals surface area contributed by atoms with Gasteiger partial charge in [-0.15, -0.1) is 0 Å². The molecule has 2 rings (SSSR count). The number of esters is 1. The minimum absolute atomic E-state index is 0.245. The van der Waals surface area contributed by atoms with Crippen LogP contribution in [0.15, 0.2) is 47.0 Å². The lowest BCUT2D eigenvalue weighted by molar-refractivity contribution is -0.137. The number of aliphatic imine (C=N–C) groups is 2. The summed E-state index contributed by atoms with van der Waals surface area (Å²) in [4.78, 5) is 31.1. The first-order valence-electron chi connectivity index (χ1n) is 12.0. The molecule has 2 heterocycles. The zero-order valence-corrected chi connectivity index (χ0v) is 21.3. The maximum Gasteiger partial charge on any atom is 0.302 e. The molecule has 1 N–H and O–H groups in total. The molecule has 0 fully saturated rings. The van der Waals surface area contributed by atoms with Crippen molar-refractivity contribution >= 4 is 30.6 Å². The Labute approximate surface area is 205 Å². The quantitative estimate of drug-likeness (QED) is 0.111. The monoisotopic (exact) mass is 470 g/mol. The Balaban J connectivity index is 0.00000118. The molecule has 1 atom stereocenters. The number of aromatic nitrogens is 1. The van der Waals surface area contributed by atoms with Crippen LogP contribution in [-0.2, 0) is 27.2 Å². The molecule has 7 nitrogen and oxygen atoms in total. The Kier molecular flexibility index (Phi) is 19.8. The van der Waals surface area contributed by atoms with Crippen molar-refractivity contribution in [2.45, 2.75) is 72.1 Å². The zero-order valence-electron chi connectivity index (χ0n) is 21.3. The lowest BCUT2D eigenvalue weighted by atomic mass is 10.0. The van der Waals surface area contributed by atoms with Crippen LogP contribution in [0, 0.1) is 5.92 Å². The summed E-state index contributed by atoms with van der Waals surface area (Å²) in [6.07, 6.45) is 19.7. The minimum atomic E-state index is -0.245. The zero-order chi connectivity index (χ0) is 25.4. The van der Waals surface area contributed by atoms with Crippen molar-refractivity contribution in [1.29, 1.82) is 0 Å². The van der Waals surface area contributed by atoms with E-state index in [4.69, 9.17) is 9.78 Å². The van der Waals surface area contributed by atoms with Crippen molar-refractivity contribution in [1.82, 2.24) is 4.98 Å². The second kappa shape index (κ2) is 21.7. The van der Waals surface area contributed by atoms with Gasteiger partial charge in [-0.05, 0) is 57.1 Å². The molecule has 0 aliphatic carbocycles. The van der Waals surface area contributed by atoms with Crippen molar-refractivity contribution in [3.63, 3.8) is 0 Å². The van der Waals surface area contributed by atoms with Crippen molar-refractivity contribution < 1.29 is 14.3 Å². The second-order valence-electron chi connectivity index (χ2n) is 7.76. The predicted octanol–water partition coefficient (Wildman–Crippen LogP) is 5.75. The Morgan fingerprint density at radius 1 is 1.26 bits per heavy atom. The topological polar surface area (TPSA) is 93.0 Å². The average Bonchev–Trinajstić information content (AvgIpc) is 2.84. The second-order valence-corrected chi connectivity index (χ2v) is 7.76. The molecule has 0 radical (unpaired) electrons. The number of allylic oxidation sites excluding steroid dienone is 2. The highest BCUT2D eigenvalue weighted by Gasteiger charge is 2.09. The average molecular weight is 471 g/mol. The number of anilines is 1. The molecule has 0 aromatic carbocycles. The number of aryl methyl sites for hydroxylation is 2. The molecule has 0 spiro atoms. The van der Waals surface area contributed by atoms with Gasteiger partial charge in [0.2, 0.25) is 0 Å². The van der Waals surface area contributed by atoms with Gasteiger partial charge < -0.3 is 14.8 Å². The molecule has 1 unspecified atom stereocenters. The van der Waals surface area contributed by atoms with E-state index < -0.39 is 0 Å². The number of carbonyl (C=O) groups is 2. The highest BCUT2D eigenvalue weighted by Crippen LogP contribution is 2.20. The maximum atomic E-state index is 9.59. The third-order valence-corrected chi connectivity index (χ3v) is 4.79. The third-order valence-electron chi connectivity index (χ3n) is 4.79. The molecule has 1 aromatic rings. The molecule has 0 saturated carbocycles. The summed E-state index contributed by atoms with van der Waals surface area (Å²) >= 11 is 0. The summed E-state index contributed by atoms with van der Waals surface area (Å²) in [6.45, 7) is 9.50. The lowest BCUT2D eigenvalue weighted by Gasteiger charge is -2.17. The van der Waals surface area contributed by atoms with Gasteiger partial charge in [0.15, 0.2) is 0 Å². The Hall–Kier alpha value is -3.09. The van der Waals surface area contributed by atoms with E-state index in [9.17, 15) is 4.79 Å². The van der Waals surface area contributed by atoms with E-state index in [0.717, 1.165) is 37.9 Å². The molecule has 7 heteroatoms. The first kappa shape index (κ1) is 30.9. The van der Waals surface area contributed by atoms with Crippen molar-refractivity contribution in [2.24, 2.45) is 15.9 Å². The molecule has 0 amide bonds. The van der Waals surface area contributed by atoms with Crippen LogP contribution in [0.5, 0.6) is 0 Å². The summed E-state index contributed by atoms with van der Waals surface area (Å²) in [6, 6.07) is 4.46. The van der Waals surface area contributed by atoms with Crippen LogP contribution in [0.25, 0.3) is 0 Å². The molecule has 34 heavy (non-hydrogen) atoms. The number of nitrogens with one attached hydrogen (secondary N) is 1. The first-order chi connectivity index (χ1) is 16.5. The fraction of sp³-hybridized carbons (Fsp3) is 0.519. The number of fused-ring (bicyclic) bond motifs is 1. The lowest BCUT2D eigenvalue weighted by Crippen LogP contribution is -2.13. The number of hydrogen-bond acceptors (Lipinski definition) is 6. The van der Waals surface area contributed by atoms with E-state index in [-0.39, 0.29) is 5.97 Å². The highest BCUT2D eigenvalue weighted by molar-refractivity contribution is 5.74. The van der Waals surface area contributed by atoms with Gasteiger partial charge in [-0.2, -0.15) is 0 Å². The van der Waals surface area contributed by atoms with Crippen molar-refractivity contribution in [3.8, 4) is 0 Å². The van der Waals surface area contributed by atoms with E-state index in [1.807, 2.05) is 6.21 Å². The first-order valence-corrected chi connectivity index (χ1v) is 12.0. The molecular formula is C27H42N4O3. The number of aldehydes is 1. The Bertz CT molecular complexity index is 788. The Morgan fingerprint density at radius 2 is 1.97 bits per heavy atom. The van der Waals surface area contributed by atoms with Crippen molar-refractivity contribution in [2.75, 3.05) is 19.0 Å². The molecule has 0 saturated heterocycles. The number of unbranched alkanes of at least 4 members (excludes halogenated alkanes) is 4. The van der Waals surface area contributed by atoms with Gasteiger partial charge in [0.1, 0.15) is 18.4 Å². The van der Waals surface area contributed by atoms with Crippen LogP contribution in [0.1, 0.15) is 70.6 Å². The fourth-order valence-electron chi connectivity index (χ4n) is 3.05. The number of hydrogen-bond donors (Lipinski definition) is 1. The molecule has 1 aliphatic rings. The summed E-state index contributed by atoms with van der Waals surface area (Å²) in [5.41, 5.74) is 2.60. The summed E-state index contributed by atoms with van der Waals surface area (Å²) in [5, 5.41) is 3.42. The van der Waals surface area contributed by atoms with E-state index in [2.05, 4.69) is 57.8 Å². The van der Waals surface area contributed by atoms with Gasteiger partial charge >= 0.3 is 5.97 Å². The third kappa shape index (κ3) is 17.5. The summed E-state index contributed by atoms with van der Waals surface area (Å²) in [5.74, 6) is 1.22. The number of carbonyl (C=O) groups excluding carboxylic acids is 2. The summed E-state index contributed by atoms with van der Waals surface area (Å²) in [7, 11) is 1.35. The van der Waals surface area contributed by atoms with Crippen LogP contribution in [0.2, 0.25) is 0 Å². The summed E-state index contributed by atoms with van der Waals surface area (Å²) < 4.78 is 4.11. The fourth-order valence-corrected chi connectivity index (χ4v) is 3.05. The van der Waals surface area contributed by atoms with Crippen LogP contribution < -0.4 is 5.32 Å². The smallest absolute Gasteiger partial charge is 0.302 e. The van der Waals surface area contributed by atoms with E-state index >= 15 is 0 Å². The normalized spacial score (nSPS) is 13.2. The molecule has 0 bridgehead atoms. The number of rotatable bonds is 11. The van der Waals surface area contributed by atoms with Gasteiger partial charge in [0, 0.05) is 37.5 Å². The van der Waals surface area contributed by atoms with Gasteiger partial charge in [-0.3, -0.25) is 4.79 Å². The molecular weight excluding hydrogens is 428 g/mol. The van der Waals surface area contributed by atoms with Crippen LogP contribution in [-0.4, -0.2) is 43.4 Å². The standard InChI is InChI=1S/C22H32N4.C3H6O2.C2H4O/c1-3-23-18-24-17-19(2)11-8-6-4-5-7-9-13-21-15-14-20-12-10-16-25-22(20)26-21;1-3(4)5-2;1-2-3/h3,8,11,14-15,17-19H,1,4-7,9-10,12-13,16H2,2H3,(H,25,26);1-2H3;2H,1H3/b11-8+,23-18?,24-17?;;. The molecule has 188 valence electrons. The number of ether oxygens (including phenoxy) is 1. The van der Waals surface area contributed by atoms with Gasteiger partial charge in [0.25, 0.3) is 0 Å². The van der Waals surface area contributed by atoms with Crippen LogP contribution >= 0.6 is 0 Å². The van der Waals surface area contributed by atoms with E-state index in [1.165, 1.54) is 76.9 Å². The number of pyridine rings is 1. The molecule has 1 aliphatic heterocycles. The number of nitrogens with zero attached hydrogens (tertiary/aromatic N) is 3. The van der Waals surface area contributed by atoms with Gasteiger partial charge in [-0.1, -0.05) is 44.6 Å². The van der Waals surface area contributed by atoms with Gasteiger partial charge in [-0.25, -0.2) is 15.0 Å². The maximum absolute atomic E-state index is 9.59. The predicted molar refractivity (Wildman–Crippen MR) is 143 cm³/mol. The Morgan fingerprint density at radius 3 is 2.65 bits per heavy atom. The van der Waals surface area contributed by atoms with E-state index in [0.29, 0.717) is 5.92 Å². The largest absolute Gasteiger partial charge is 0.469 e. The number of methoxy groups -OCH3 is 1. The minimum Gasteiger partial charge on any atom is -0.469 e.